The molecular formula is C8H14O2. The molecule has 0 N–H and O–H groups in total. The fraction of sp³-hybridized carbons (Fsp3) is 1.00. The van der Waals surface area contributed by atoms with Crippen LogP contribution >= 0.6 is 0 Å². The maximum Gasteiger partial charge on any atom is 0.0629 e. The van der Waals surface area contributed by atoms with Gasteiger partial charge in [0.15, 0.2) is 0 Å². The lowest BCUT2D eigenvalue weighted by atomic mass is 10.0. The van der Waals surface area contributed by atoms with E-state index in [-0.39, 0.29) is 0 Å². The van der Waals surface area contributed by atoms with Gasteiger partial charge in [0.2, 0.25) is 0 Å². The zero-order chi connectivity index (χ0) is 6.97. The van der Waals surface area contributed by atoms with Crippen molar-refractivity contribution in [3.8, 4) is 0 Å². The van der Waals surface area contributed by atoms with Crippen molar-refractivity contribution in [3.63, 3.8) is 0 Å². The highest BCUT2D eigenvalue weighted by Gasteiger charge is 2.40. The molecule has 2 aliphatic rings. The Morgan fingerprint density at radius 2 is 2.20 bits per heavy atom. The van der Waals surface area contributed by atoms with Crippen LogP contribution in [0.2, 0.25) is 0 Å². The summed E-state index contributed by atoms with van der Waals surface area (Å²) >= 11 is 0. The minimum Gasteiger partial charge on any atom is -0.381 e. The molecule has 1 saturated carbocycles. The highest BCUT2D eigenvalue weighted by molar-refractivity contribution is 4.89. The van der Waals surface area contributed by atoms with Gasteiger partial charge in [0, 0.05) is 19.6 Å². The van der Waals surface area contributed by atoms with Gasteiger partial charge >= 0.3 is 0 Å². The number of hydrogen-bond acceptors (Lipinski definition) is 2. The van der Waals surface area contributed by atoms with Crippen molar-refractivity contribution in [1.29, 1.82) is 0 Å². The van der Waals surface area contributed by atoms with E-state index in [9.17, 15) is 0 Å². The Bertz CT molecular complexity index is 124. The Morgan fingerprint density at radius 1 is 1.30 bits per heavy atom. The van der Waals surface area contributed by atoms with Crippen LogP contribution in [0.15, 0.2) is 0 Å². The summed E-state index contributed by atoms with van der Waals surface area (Å²) in [6.45, 7) is 0.954. The number of rotatable bonds is 1. The van der Waals surface area contributed by atoms with E-state index in [4.69, 9.17) is 9.47 Å². The van der Waals surface area contributed by atoms with E-state index in [0.717, 1.165) is 6.61 Å². The number of methoxy groups -OCH3 is 1. The molecule has 10 heavy (non-hydrogen) atoms. The van der Waals surface area contributed by atoms with E-state index >= 15 is 0 Å². The first-order chi connectivity index (χ1) is 4.92. The second kappa shape index (κ2) is 2.51. The van der Waals surface area contributed by atoms with Gasteiger partial charge < -0.3 is 9.47 Å². The first kappa shape index (κ1) is 6.62. The van der Waals surface area contributed by atoms with Crippen LogP contribution in [0, 0.1) is 5.92 Å². The standard InChI is InChI=1S/C8H14O2/c1-9-7-2-3-8-6(7)4-5-10-8/h6-8H,2-5H2,1H3/t6-,7-,8+/m1/s1. The van der Waals surface area contributed by atoms with Crippen molar-refractivity contribution >= 4 is 0 Å². The molecule has 1 aliphatic carbocycles. The molecule has 58 valence electrons. The molecule has 3 atom stereocenters. The van der Waals surface area contributed by atoms with Crippen LogP contribution in [0.5, 0.6) is 0 Å². The Hall–Kier alpha value is -0.0800. The van der Waals surface area contributed by atoms with Crippen LogP contribution in [0.4, 0.5) is 0 Å². The van der Waals surface area contributed by atoms with E-state index in [0.29, 0.717) is 18.1 Å². The molecule has 2 rings (SSSR count). The van der Waals surface area contributed by atoms with Crippen molar-refractivity contribution in [1.82, 2.24) is 0 Å². The highest BCUT2D eigenvalue weighted by atomic mass is 16.5. The van der Waals surface area contributed by atoms with Crippen LogP contribution in [0.3, 0.4) is 0 Å². The molecule has 0 aromatic carbocycles. The first-order valence-electron chi connectivity index (χ1n) is 4.06. The molecule has 1 saturated heterocycles. The summed E-state index contributed by atoms with van der Waals surface area (Å²) in [7, 11) is 1.81. The molecule has 1 aliphatic heterocycles. The predicted molar refractivity (Wildman–Crippen MR) is 37.9 cm³/mol. The Balaban J connectivity index is 2.01. The third kappa shape index (κ3) is 0.867. The second-order valence-electron chi connectivity index (χ2n) is 3.21. The molecule has 0 amide bonds. The molecule has 2 heteroatoms. The summed E-state index contributed by atoms with van der Waals surface area (Å²) in [5.41, 5.74) is 0. The maximum atomic E-state index is 5.53. The third-order valence-electron chi connectivity index (χ3n) is 2.78. The summed E-state index contributed by atoms with van der Waals surface area (Å²) in [5, 5.41) is 0. The summed E-state index contributed by atoms with van der Waals surface area (Å²) in [5.74, 6) is 0.713. The van der Waals surface area contributed by atoms with Crippen LogP contribution in [0.25, 0.3) is 0 Å². The normalized spacial score (nSPS) is 45.9. The molecule has 0 bridgehead atoms. The van der Waals surface area contributed by atoms with Crippen LogP contribution < -0.4 is 0 Å². The second-order valence-corrected chi connectivity index (χ2v) is 3.21. The molecule has 2 fully saturated rings. The minimum atomic E-state index is 0.493. The number of fused-ring (bicyclic) bond motifs is 1. The van der Waals surface area contributed by atoms with Gasteiger partial charge in [-0.3, -0.25) is 0 Å². The Kier molecular flexibility index (Phi) is 1.66. The largest absolute Gasteiger partial charge is 0.381 e. The van der Waals surface area contributed by atoms with Crippen LogP contribution in [0.1, 0.15) is 19.3 Å². The van der Waals surface area contributed by atoms with E-state index in [1.807, 2.05) is 7.11 Å². The fourth-order valence-electron chi connectivity index (χ4n) is 2.22. The van der Waals surface area contributed by atoms with Crippen molar-refractivity contribution in [2.75, 3.05) is 13.7 Å². The quantitative estimate of drug-likeness (QED) is 0.547. The topological polar surface area (TPSA) is 18.5 Å². The minimum absolute atomic E-state index is 0.493. The molecule has 0 aromatic heterocycles. The highest BCUT2D eigenvalue weighted by Crippen LogP contribution is 2.37. The van der Waals surface area contributed by atoms with Crippen molar-refractivity contribution in [3.05, 3.63) is 0 Å². The lowest BCUT2D eigenvalue weighted by Crippen LogP contribution is -2.19. The van der Waals surface area contributed by atoms with Gasteiger partial charge in [0.25, 0.3) is 0 Å². The molecule has 2 nitrogen and oxygen atoms in total. The Morgan fingerprint density at radius 3 is 3.00 bits per heavy atom. The smallest absolute Gasteiger partial charge is 0.0629 e. The summed E-state index contributed by atoms with van der Waals surface area (Å²) in [6, 6.07) is 0. The van der Waals surface area contributed by atoms with Crippen molar-refractivity contribution in [2.45, 2.75) is 31.5 Å². The number of ether oxygens (including phenoxy) is 2. The summed E-state index contributed by atoms with van der Waals surface area (Å²) < 4.78 is 10.9. The lowest BCUT2D eigenvalue weighted by Gasteiger charge is -2.14. The fourth-order valence-corrected chi connectivity index (χ4v) is 2.22. The average Bonchev–Trinajstić information content (AvgIpc) is 2.44. The van der Waals surface area contributed by atoms with Gasteiger partial charge in [0.1, 0.15) is 0 Å². The van der Waals surface area contributed by atoms with Crippen LogP contribution in [-0.2, 0) is 9.47 Å². The maximum absolute atomic E-state index is 5.53. The van der Waals surface area contributed by atoms with Gasteiger partial charge in [-0.05, 0) is 19.3 Å². The molecule has 0 spiro atoms. The first-order valence-corrected chi connectivity index (χ1v) is 4.06. The van der Waals surface area contributed by atoms with E-state index in [1.165, 1.54) is 19.3 Å². The van der Waals surface area contributed by atoms with Gasteiger partial charge in [-0.2, -0.15) is 0 Å². The van der Waals surface area contributed by atoms with E-state index in [2.05, 4.69) is 0 Å². The van der Waals surface area contributed by atoms with Gasteiger partial charge in [0.05, 0.1) is 12.2 Å². The van der Waals surface area contributed by atoms with Crippen molar-refractivity contribution < 1.29 is 9.47 Å². The van der Waals surface area contributed by atoms with Crippen LogP contribution in [-0.4, -0.2) is 25.9 Å². The monoisotopic (exact) mass is 142 g/mol. The SMILES string of the molecule is CO[C@@H]1CC[C@@H]2OCC[C@@H]21. The third-order valence-corrected chi connectivity index (χ3v) is 2.78. The number of hydrogen-bond donors (Lipinski definition) is 0. The average molecular weight is 142 g/mol. The zero-order valence-corrected chi connectivity index (χ0v) is 6.38. The van der Waals surface area contributed by atoms with E-state index in [1.54, 1.807) is 0 Å². The Labute approximate surface area is 61.5 Å². The van der Waals surface area contributed by atoms with Crippen molar-refractivity contribution in [2.24, 2.45) is 5.92 Å². The molecule has 0 radical (unpaired) electrons. The molecule has 1 heterocycles. The van der Waals surface area contributed by atoms with Gasteiger partial charge in [-0.25, -0.2) is 0 Å². The molecule has 0 aromatic rings. The summed E-state index contributed by atoms with van der Waals surface area (Å²) in [6.07, 6.45) is 4.65. The summed E-state index contributed by atoms with van der Waals surface area (Å²) in [4.78, 5) is 0. The zero-order valence-electron chi connectivity index (χ0n) is 6.38. The van der Waals surface area contributed by atoms with Gasteiger partial charge in [-0.15, -0.1) is 0 Å². The predicted octanol–water partition coefficient (Wildman–Crippen LogP) is 1.20. The molecular weight excluding hydrogens is 128 g/mol. The van der Waals surface area contributed by atoms with Gasteiger partial charge in [-0.1, -0.05) is 0 Å². The lowest BCUT2D eigenvalue weighted by molar-refractivity contribution is 0.0543. The molecule has 0 unspecified atom stereocenters. The van der Waals surface area contributed by atoms with E-state index < -0.39 is 0 Å².